The molecule has 8 heterocycles. The first kappa shape index (κ1) is 86.2. The second kappa shape index (κ2) is 33.2. The van der Waals surface area contributed by atoms with Crippen molar-refractivity contribution in [2.45, 2.75) is 232 Å². The Kier molecular flexibility index (Phi) is 27.2. The van der Waals surface area contributed by atoms with Crippen molar-refractivity contribution in [2.75, 3.05) is 26.3 Å². The van der Waals surface area contributed by atoms with Crippen LogP contribution < -0.4 is 19.3 Å². The highest BCUT2D eigenvalue weighted by atomic mass is 35.5. The average molecular weight is 1570 g/mol. The molecule has 6 aromatic rings. The third kappa shape index (κ3) is 25.2. The van der Waals surface area contributed by atoms with Crippen LogP contribution in [0.15, 0.2) is 83.4 Å². The van der Waals surface area contributed by atoms with Crippen LogP contribution in [-0.4, -0.2) is 166 Å². The van der Waals surface area contributed by atoms with Gasteiger partial charge in [-0.2, -0.15) is 45.0 Å². The summed E-state index contributed by atoms with van der Waals surface area (Å²) in [7, 11) is -8.12. The number of nitrogens with zero attached hydrogens (tertiary/aromatic N) is 12. The number of rotatable bonds is 23. The number of amides is 3. The van der Waals surface area contributed by atoms with Crippen molar-refractivity contribution in [1.29, 1.82) is 0 Å². The number of esters is 1. The van der Waals surface area contributed by atoms with E-state index in [1.54, 1.807) is 36.5 Å². The van der Waals surface area contributed by atoms with Gasteiger partial charge in [0.15, 0.2) is 21.7 Å². The molecule has 3 amide bonds. The molecule has 37 heteroatoms. The van der Waals surface area contributed by atoms with E-state index in [2.05, 4.69) is 44.2 Å². The second-order valence-corrected chi connectivity index (χ2v) is 35.1. The number of nitrogens with one attached hydrogen (secondary N) is 1. The zero-order valence-corrected chi connectivity index (χ0v) is 65.2. The Morgan fingerprint density at radius 2 is 0.924 bits per heavy atom. The summed E-state index contributed by atoms with van der Waals surface area (Å²) in [5.41, 5.74) is -6.26. The Labute approximate surface area is 618 Å². The van der Waals surface area contributed by atoms with Crippen molar-refractivity contribution in [1.82, 2.24) is 63.6 Å². The fourth-order valence-corrected chi connectivity index (χ4v) is 12.7. The third-order valence-electron chi connectivity index (χ3n) is 16.8. The van der Waals surface area contributed by atoms with E-state index in [-0.39, 0.29) is 104 Å². The number of carbonyl (C=O) groups excluding carboxylic acids is 4. The molecule has 2 aliphatic heterocycles. The minimum absolute atomic E-state index is 0.0540. The number of aromatic nitrogens is 10. The zero-order valence-electron chi connectivity index (χ0n) is 62.1. The predicted octanol–water partition coefficient (Wildman–Crippen LogP) is 14.0. The number of likely N-dealkylation sites (tertiary alicyclic amines) is 2. The Morgan fingerprint density at radius 3 is 1.29 bits per heavy atom. The molecule has 2 aliphatic rings. The molecule has 2 saturated heterocycles. The topological polar surface area (TPSA) is 324 Å². The van der Waals surface area contributed by atoms with E-state index in [4.69, 9.17) is 52.0 Å². The molecule has 0 aliphatic carbocycles. The number of hydrogen-bond acceptors (Lipinski definition) is 19. The van der Waals surface area contributed by atoms with E-state index in [0.717, 1.165) is 59.8 Å². The van der Waals surface area contributed by atoms with Crippen molar-refractivity contribution in [3.05, 3.63) is 94.8 Å². The van der Waals surface area contributed by atoms with E-state index >= 15 is 0 Å². The van der Waals surface area contributed by atoms with Crippen LogP contribution in [-0.2, 0) is 47.3 Å². The molecule has 0 bridgehead atoms. The molecule has 2 fully saturated rings. The highest BCUT2D eigenvalue weighted by Gasteiger charge is 2.49. The van der Waals surface area contributed by atoms with Crippen LogP contribution in [0, 0.1) is 22.7 Å². The van der Waals surface area contributed by atoms with Gasteiger partial charge in [0.1, 0.15) is 27.1 Å². The van der Waals surface area contributed by atoms with Gasteiger partial charge >= 0.3 is 30.5 Å². The molecule has 584 valence electrons. The summed E-state index contributed by atoms with van der Waals surface area (Å²) in [4.78, 5) is 62.0. The van der Waals surface area contributed by atoms with Crippen molar-refractivity contribution in [3.63, 3.8) is 0 Å². The number of primary sulfonamides is 1. The van der Waals surface area contributed by atoms with E-state index < -0.39 is 71.9 Å². The fourth-order valence-electron chi connectivity index (χ4n) is 10.9. The first-order valence-corrected chi connectivity index (χ1v) is 37.5. The SMILES string of the molecule is CC(C)(C)OC(=O)N1C[C@@H](CCCn2ccc(S(=O)(=O)NC(=O)c3ccc(-n4ccc(OCCC(C)(C)C(F)(F)F)n4)nc3Cl)n2)CC1(C)C.CC(C)(C)OC(=O)N1C[C@@H](CCCn2ccc(S(N)(=O)=O)n2)CC1(C)C.CC(C)(C)OC(=O)c1ccc(-n2ccc(OCCC(C)(C)C(F)(F)F)n2)nc1Cl. The molecular weight excluding hydrogens is 1470 g/mol. The van der Waals surface area contributed by atoms with Gasteiger partial charge in [-0.25, -0.2) is 52.0 Å². The first-order chi connectivity index (χ1) is 47.9. The van der Waals surface area contributed by atoms with Gasteiger partial charge in [0.2, 0.25) is 11.8 Å². The molecule has 27 nitrogen and oxygen atoms in total. The number of nitrogens with two attached hydrogens (primary N) is 1. The number of pyridine rings is 2. The Morgan fingerprint density at radius 1 is 0.543 bits per heavy atom. The average Bonchev–Trinajstić information content (AvgIpc) is 1.59. The lowest BCUT2D eigenvalue weighted by Crippen LogP contribution is -2.45. The van der Waals surface area contributed by atoms with E-state index in [9.17, 15) is 62.4 Å². The summed E-state index contributed by atoms with van der Waals surface area (Å²) in [5.74, 6) is -0.334. The number of ether oxygens (including phenoxy) is 5. The third-order valence-corrected chi connectivity index (χ3v) is 19.4. The van der Waals surface area contributed by atoms with Crippen LogP contribution in [0.3, 0.4) is 0 Å². The number of carbonyl (C=O) groups is 4. The highest BCUT2D eigenvalue weighted by molar-refractivity contribution is 7.90. The lowest BCUT2D eigenvalue weighted by molar-refractivity contribution is -0.215. The van der Waals surface area contributed by atoms with Crippen molar-refractivity contribution >= 4 is 67.3 Å². The van der Waals surface area contributed by atoms with Crippen LogP contribution in [0.4, 0.5) is 35.9 Å². The highest BCUT2D eigenvalue weighted by Crippen LogP contribution is 2.42. The number of hydrogen-bond donors (Lipinski definition) is 2. The Balaban J connectivity index is 0.000000267. The van der Waals surface area contributed by atoms with Gasteiger partial charge in [0, 0.05) is 74.2 Å². The van der Waals surface area contributed by atoms with E-state index in [1.165, 1.54) is 81.2 Å². The normalized spacial score (nSPS) is 16.6. The van der Waals surface area contributed by atoms with Gasteiger partial charge in [-0.15, -0.1) is 10.2 Å². The summed E-state index contributed by atoms with van der Waals surface area (Å²) < 4.78 is 161. The van der Waals surface area contributed by atoms with Crippen LogP contribution in [0.25, 0.3) is 11.6 Å². The Bertz CT molecular complexity index is 4230. The molecule has 2 atom stereocenters. The first-order valence-electron chi connectivity index (χ1n) is 33.7. The van der Waals surface area contributed by atoms with Crippen LogP contribution in [0.5, 0.6) is 11.8 Å². The maximum Gasteiger partial charge on any atom is 0.410 e. The van der Waals surface area contributed by atoms with Crippen molar-refractivity contribution in [2.24, 2.45) is 27.8 Å². The summed E-state index contributed by atoms with van der Waals surface area (Å²) >= 11 is 12.3. The van der Waals surface area contributed by atoms with Gasteiger partial charge in [0.05, 0.1) is 35.2 Å². The van der Waals surface area contributed by atoms with Crippen LogP contribution >= 0.6 is 23.2 Å². The van der Waals surface area contributed by atoms with Crippen molar-refractivity contribution < 1.29 is 86.0 Å². The minimum atomic E-state index is -4.38. The quantitative estimate of drug-likeness (QED) is 0.0260. The molecule has 0 spiro atoms. The molecule has 8 rings (SSSR count). The van der Waals surface area contributed by atoms with E-state index in [1.807, 2.05) is 65.0 Å². The lowest BCUT2D eigenvalue weighted by atomic mass is 9.89. The number of aryl methyl sites for hydroxylation is 2. The molecular formula is C68H96Cl2F6N14O13S2. The maximum atomic E-state index is 13.1. The van der Waals surface area contributed by atoms with Gasteiger partial charge in [0.25, 0.3) is 26.0 Å². The summed E-state index contributed by atoms with van der Waals surface area (Å²) in [6, 6.07) is 11.2. The summed E-state index contributed by atoms with van der Waals surface area (Å²) in [6.45, 7) is 30.7. The van der Waals surface area contributed by atoms with Gasteiger partial charge < -0.3 is 33.5 Å². The van der Waals surface area contributed by atoms with Gasteiger partial charge in [-0.1, -0.05) is 50.9 Å². The molecule has 6 aromatic heterocycles. The second-order valence-electron chi connectivity index (χ2n) is 31.2. The molecule has 3 N–H and O–H groups in total. The standard InChI is InChI=1S/C32H43ClF3N7O6S.C19H23ClF3N3O3.C17H30N4O4S/c1-29(2,3)49-28(45)42-20-21(19-31(42,6)7)9-8-15-41-16-13-25(39-41)50(46,47)40-27(44)22-10-11-23(37-26(22)33)43-17-12-24(38-43)48-18-14-30(4,5)32(34,35)36;1-17(2,3)29-16(27)12-6-7-13(24-15(12)20)26-10-8-14(25-26)28-11-9-18(4,5)19(21,22)23;1-16(2,3)25-15(22)21-12-13(11-17(21,4)5)7-6-9-20-10-8-14(19-20)26(18,23)24/h10-13,16-17,21H,8-9,14-15,18-20H2,1-7H3,(H,40,44);6-8,10H,9,11H2,1-5H3;8,10,13H,6-7,9,11-12H2,1-5H3,(H2,18,23,24)/t21-;;13-/m0.0/s1. The van der Waals surface area contributed by atoms with Crippen molar-refractivity contribution in [3.8, 4) is 23.4 Å². The lowest BCUT2D eigenvalue weighted by Gasteiger charge is -2.33. The molecule has 0 radical (unpaired) electrons. The molecule has 0 aromatic carbocycles. The monoisotopic (exact) mass is 1560 g/mol. The van der Waals surface area contributed by atoms with Crippen LogP contribution in [0.2, 0.25) is 10.3 Å². The number of halogens is 8. The smallest absolute Gasteiger partial charge is 0.410 e. The van der Waals surface area contributed by atoms with Crippen LogP contribution in [0.1, 0.15) is 190 Å². The maximum absolute atomic E-state index is 13.1. The molecule has 0 unspecified atom stereocenters. The number of alkyl halides is 6. The minimum Gasteiger partial charge on any atom is -0.477 e. The Hall–Kier alpha value is -7.76. The molecule has 0 saturated carbocycles. The zero-order chi connectivity index (χ0) is 79.1. The van der Waals surface area contributed by atoms with Gasteiger partial charge in [-0.05, 0) is 190 Å². The number of sulfonamides is 2. The fraction of sp³-hybridized carbons (Fsp3) is 0.618. The van der Waals surface area contributed by atoms with E-state index in [0.29, 0.717) is 44.3 Å². The molecule has 105 heavy (non-hydrogen) atoms. The largest absolute Gasteiger partial charge is 0.477 e. The summed E-state index contributed by atoms with van der Waals surface area (Å²) in [5, 5.41) is 20.6. The predicted molar refractivity (Wildman–Crippen MR) is 377 cm³/mol. The summed E-state index contributed by atoms with van der Waals surface area (Å²) in [6.07, 6.45) is 1.25. The van der Waals surface area contributed by atoms with Gasteiger partial charge in [-0.3, -0.25) is 14.2 Å².